The van der Waals surface area contributed by atoms with E-state index in [9.17, 15) is 0 Å². The highest BCUT2D eigenvalue weighted by atomic mass is 15.3. The van der Waals surface area contributed by atoms with Gasteiger partial charge in [-0.05, 0) is 55.6 Å². The largest absolute Gasteiger partial charge is 0.382 e. The van der Waals surface area contributed by atoms with Crippen LogP contribution in [0.5, 0.6) is 0 Å². The van der Waals surface area contributed by atoms with E-state index in [0.29, 0.717) is 5.82 Å². The van der Waals surface area contributed by atoms with E-state index in [4.69, 9.17) is 10.8 Å². The molecule has 0 spiro atoms. The fraction of sp³-hybridized carbons (Fsp3) is 0.367. The third kappa shape index (κ3) is 5.14. The van der Waals surface area contributed by atoms with Crippen LogP contribution >= 0.6 is 0 Å². The zero-order valence-electron chi connectivity index (χ0n) is 22.1. The van der Waals surface area contributed by atoms with Crippen molar-refractivity contribution < 1.29 is 0 Å². The molecule has 5 aromatic rings. The summed E-state index contributed by atoms with van der Waals surface area (Å²) in [6.45, 7) is 10.1. The maximum atomic E-state index is 6.38. The highest BCUT2D eigenvalue weighted by Crippen LogP contribution is 2.32. The van der Waals surface area contributed by atoms with Crippen LogP contribution in [0.3, 0.4) is 0 Å². The lowest BCUT2D eigenvalue weighted by molar-refractivity contribution is 0.135. The lowest BCUT2D eigenvalue weighted by Gasteiger charge is -2.33. The number of benzene rings is 2. The van der Waals surface area contributed by atoms with Crippen molar-refractivity contribution in [2.75, 3.05) is 45.0 Å². The molecule has 3 aromatic heterocycles. The highest BCUT2D eigenvalue weighted by Gasteiger charge is 2.17. The summed E-state index contributed by atoms with van der Waals surface area (Å²) in [5.41, 5.74) is 12.8. The van der Waals surface area contributed by atoms with Gasteiger partial charge in [0.15, 0.2) is 5.82 Å². The number of nitrogens with zero attached hydrogens (tertiary/aromatic N) is 7. The Kier molecular flexibility index (Phi) is 7.07. The Morgan fingerprint density at radius 2 is 1.74 bits per heavy atom. The molecule has 0 amide bonds. The van der Waals surface area contributed by atoms with Crippen molar-refractivity contribution in [1.29, 1.82) is 0 Å². The minimum atomic E-state index is 0.504. The van der Waals surface area contributed by atoms with Crippen LogP contribution < -0.4 is 5.73 Å². The summed E-state index contributed by atoms with van der Waals surface area (Å²) >= 11 is 0. The van der Waals surface area contributed by atoms with Gasteiger partial charge in [-0.15, -0.1) is 0 Å². The Balaban J connectivity index is 1.20. The molecule has 0 radical (unpaired) electrons. The molecule has 0 atom stereocenters. The van der Waals surface area contributed by atoms with Gasteiger partial charge in [0.2, 0.25) is 0 Å². The van der Waals surface area contributed by atoms with Gasteiger partial charge in [0.1, 0.15) is 11.8 Å². The van der Waals surface area contributed by atoms with E-state index in [1.807, 2.05) is 15.3 Å². The lowest BCUT2D eigenvalue weighted by Crippen LogP contribution is -2.46. The van der Waals surface area contributed by atoms with Crippen molar-refractivity contribution in [3.8, 4) is 11.1 Å². The Morgan fingerprint density at radius 3 is 2.55 bits per heavy atom. The predicted molar refractivity (Wildman–Crippen MR) is 153 cm³/mol. The van der Waals surface area contributed by atoms with Crippen LogP contribution in [0.25, 0.3) is 27.5 Å². The number of fused-ring (bicyclic) bond motifs is 2. The van der Waals surface area contributed by atoms with Gasteiger partial charge in [-0.1, -0.05) is 49.4 Å². The molecule has 1 saturated heterocycles. The number of rotatable bonds is 9. The second kappa shape index (κ2) is 10.9. The minimum absolute atomic E-state index is 0.504. The van der Waals surface area contributed by atoms with E-state index < -0.39 is 0 Å². The molecule has 0 saturated carbocycles. The van der Waals surface area contributed by atoms with Crippen molar-refractivity contribution in [1.82, 2.24) is 34.2 Å². The van der Waals surface area contributed by atoms with Gasteiger partial charge < -0.3 is 15.5 Å². The van der Waals surface area contributed by atoms with Crippen molar-refractivity contribution in [3.05, 3.63) is 78.4 Å². The molecule has 2 N–H and O–H groups in total. The minimum Gasteiger partial charge on any atom is -0.382 e. The summed E-state index contributed by atoms with van der Waals surface area (Å²) in [6.07, 6.45) is 6.92. The van der Waals surface area contributed by atoms with Gasteiger partial charge in [-0.25, -0.2) is 9.50 Å². The zero-order chi connectivity index (χ0) is 25.9. The summed E-state index contributed by atoms with van der Waals surface area (Å²) in [6, 6.07) is 19.1. The van der Waals surface area contributed by atoms with E-state index in [0.717, 1.165) is 60.0 Å². The molecule has 0 aliphatic carbocycles. The highest BCUT2D eigenvalue weighted by molar-refractivity contribution is 5.92. The van der Waals surface area contributed by atoms with E-state index in [2.05, 4.69) is 81.5 Å². The van der Waals surface area contributed by atoms with Gasteiger partial charge in [0.25, 0.3) is 0 Å². The predicted octanol–water partition coefficient (Wildman–Crippen LogP) is 4.34. The standard InChI is InChI=1S/C30H36N8/c1-2-35-14-16-36(17-15-35)13-7-6-10-26-19-27(29-30(31)32-22-33-38(26)29)24-11-12-25-21-37(34-28(25)18-24)20-23-8-4-3-5-9-23/h3-5,8-9,11-12,18-19,21-22H,2,6-7,10,13-17,20H2,1H3,(H2,31,32,33). The summed E-state index contributed by atoms with van der Waals surface area (Å²) in [5.74, 6) is 0.504. The molecule has 1 fully saturated rings. The first-order chi connectivity index (χ1) is 18.7. The molecule has 6 rings (SSSR count). The number of nitrogen functional groups attached to an aromatic ring is 1. The number of hydrogen-bond donors (Lipinski definition) is 1. The SMILES string of the molecule is CCN1CCN(CCCCc2cc(-c3ccc4cn(Cc5ccccc5)nc4c3)c3c(N)ncnn23)CC1. The van der Waals surface area contributed by atoms with Crippen LogP contribution in [0.15, 0.2) is 67.1 Å². The van der Waals surface area contributed by atoms with Crippen LogP contribution in [0.1, 0.15) is 31.0 Å². The average Bonchev–Trinajstić information content (AvgIpc) is 3.53. The van der Waals surface area contributed by atoms with Gasteiger partial charge in [0.05, 0.1) is 12.1 Å². The van der Waals surface area contributed by atoms with Crippen molar-refractivity contribution in [2.24, 2.45) is 0 Å². The van der Waals surface area contributed by atoms with Crippen molar-refractivity contribution in [3.63, 3.8) is 0 Å². The maximum Gasteiger partial charge on any atom is 0.151 e. The molecule has 4 heterocycles. The number of hydrogen-bond acceptors (Lipinski definition) is 6. The third-order valence-electron chi connectivity index (χ3n) is 7.78. The molecule has 2 aromatic carbocycles. The van der Waals surface area contributed by atoms with E-state index >= 15 is 0 Å². The van der Waals surface area contributed by atoms with Gasteiger partial charge >= 0.3 is 0 Å². The van der Waals surface area contributed by atoms with Crippen LogP contribution in [0.4, 0.5) is 5.82 Å². The summed E-state index contributed by atoms with van der Waals surface area (Å²) in [5, 5.41) is 10.6. The Morgan fingerprint density at radius 1 is 0.921 bits per heavy atom. The fourth-order valence-electron chi connectivity index (χ4n) is 5.59. The normalized spacial score (nSPS) is 15.1. The number of piperazine rings is 1. The number of aryl methyl sites for hydroxylation is 1. The van der Waals surface area contributed by atoms with E-state index in [-0.39, 0.29) is 0 Å². The molecule has 0 bridgehead atoms. The molecule has 0 unspecified atom stereocenters. The first-order valence-electron chi connectivity index (χ1n) is 13.8. The quantitative estimate of drug-likeness (QED) is 0.299. The molecule has 38 heavy (non-hydrogen) atoms. The number of aromatic nitrogens is 5. The van der Waals surface area contributed by atoms with Gasteiger partial charge in [0, 0.05) is 49.0 Å². The first kappa shape index (κ1) is 24.6. The second-order valence-electron chi connectivity index (χ2n) is 10.3. The first-order valence-corrected chi connectivity index (χ1v) is 13.8. The zero-order valence-corrected chi connectivity index (χ0v) is 22.1. The molecule has 1 aliphatic rings. The second-order valence-corrected chi connectivity index (χ2v) is 10.3. The van der Waals surface area contributed by atoms with Crippen molar-refractivity contribution in [2.45, 2.75) is 32.7 Å². The molecular formula is C30H36N8. The molecule has 8 heteroatoms. The van der Waals surface area contributed by atoms with Crippen LogP contribution in [-0.2, 0) is 13.0 Å². The number of anilines is 1. The van der Waals surface area contributed by atoms with E-state index in [1.54, 1.807) is 6.33 Å². The Labute approximate surface area is 223 Å². The molecule has 196 valence electrons. The van der Waals surface area contributed by atoms with Crippen LogP contribution in [0, 0.1) is 0 Å². The summed E-state index contributed by atoms with van der Waals surface area (Å²) in [7, 11) is 0. The summed E-state index contributed by atoms with van der Waals surface area (Å²) < 4.78 is 3.99. The lowest BCUT2D eigenvalue weighted by atomic mass is 10.0. The molecule has 8 nitrogen and oxygen atoms in total. The Bertz CT molecular complexity index is 1510. The third-order valence-corrected chi connectivity index (χ3v) is 7.78. The topological polar surface area (TPSA) is 80.5 Å². The van der Waals surface area contributed by atoms with Gasteiger partial charge in [-0.2, -0.15) is 10.2 Å². The summed E-state index contributed by atoms with van der Waals surface area (Å²) in [4.78, 5) is 9.43. The smallest absolute Gasteiger partial charge is 0.151 e. The number of nitrogens with two attached hydrogens (primary N) is 1. The number of unbranched alkanes of at least 4 members (excludes halogenated alkanes) is 1. The van der Waals surface area contributed by atoms with Crippen LogP contribution in [-0.4, -0.2) is 73.4 Å². The van der Waals surface area contributed by atoms with E-state index in [1.165, 1.54) is 43.9 Å². The van der Waals surface area contributed by atoms with Crippen LogP contribution in [0.2, 0.25) is 0 Å². The monoisotopic (exact) mass is 508 g/mol. The molecular weight excluding hydrogens is 472 g/mol. The Hall–Kier alpha value is -3.75. The fourth-order valence-corrected chi connectivity index (χ4v) is 5.59. The van der Waals surface area contributed by atoms with Gasteiger partial charge in [-0.3, -0.25) is 4.68 Å². The average molecular weight is 509 g/mol. The number of likely N-dealkylation sites (N-methyl/N-ethyl adjacent to an activating group) is 1. The van der Waals surface area contributed by atoms with Crippen molar-refractivity contribution >= 4 is 22.2 Å². The molecule has 1 aliphatic heterocycles. The maximum absolute atomic E-state index is 6.38.